The van der Waals surface area contributed by atoms with Crippen LogP contribution in [0, 0.1) is 0 Å². The topological polar surface area (TPSA) is 60.9 Å². The fraction of sp³-hybridized carbons (Fsp3) is 0.471. The van der Waals surface area contributed by atoms with Gasteiger partial charge in [-0.3, -0.25) is 9.59 Å². The zero-order valence-electron chi connectivity index (χ0n) is 13.9. The van der Waals surface area contributed by atoms with Crippen LogP contribution in [0.3, 0.4) is 0 Å². The largest absolute Gasteiger partial charge is 0.397 e. The number of imide groups is 1. The number of likely N-dealkylation sites (tertiary alicyclic amines) is 1. The second-order valence-corrected chi connectivity index (χ2v) is 6.38. The average molecular weight is 369 g/mol. The number of carbonyl (C=O) groups excluding carboxylic acids is 3. The van der Waals surface area contributed by atoms with Crippen LogP contribution >= 0.6 is 0 Å². The first kappa shape index (κ1) is 18.2. The van der Waals surface area contributed by atoms with Crippen molar-refractivity contribution >= 4 is 23.5 Å². The van der Waals surface area contributed by atoms with Gasteiger partial charge in [0.15, 0.2) is 0 Å². The lowest BCUT2D eigenvalue weighted by molar-refractivity contribution is -0.162. The van der Waals surface area contributed by atoms with Gasteiger partial charge in [-0.15, -0.1) is 0 Å². The minimum absolute atomic E-state index is 0.0606. The Morgan fingerprint density at radius 2 is 1.69 bits per heavy atom. The van der Waals surface area contributed by atoms with E-state index in [1.807, 2.05) is 0 Å². The monoisotopic (exact) mass is 369 g/mol. The van der Waals surface area contributed by atoms with E-state index in [0.29, 0.717) is 18.5 Å². The van der Waals surface area contributed by atoms with E-state index in [1.54, 1.807) is 30.3 Å². The van der Waals surface area contributed by atoms with Gasteiger partial charge in [0.2, 0.25) is 5.91 Å². The SMILES string of the molecule is O=C(CC(F)(F)F)N1CCC(N2CC(=O)N(c3ccccc3)C2=O)CC1. The van der Waals surface area contributed by atoms with Crippen molar-refractivity contribution in [2.24, 2.45) is 0 Å². The quantitative estimate of drug-likeness (QED) is 0.769. The summed E-state index contributed by atoms with van der Waals surface area (Å²) in [5, 5.41) is 0. The van der Waals surface area contributed by atoms with Gasteiger partial charge in [0.05, 0.1) is 5.69 Å². The lowest BCUT2D eigenvalue weighted by Gasteiger charge is -2.36. The molecule has 3 rings (SSSR count). The lowest BCUT2D eigenvalue weighted by Crippen LogP contribution is -2.48. The molecule has 0 aromatic heterocycles. The van der Waals surface area contributed by atoms with Gasteiger partial charge in [-0.1, -0.05) is 18.2 Å². The first-order valence-corrected chi connectivity index (χ1v) is 8.29. The second kappa shape index (κ2) is 6.97. The summed E-state index contributed by atoms with van der Waals surface area (Å²) >= 11 is 0. The molecule has 26 heavy (non-hydrogen) atoms. The summed E-state index contributed by atoms with van der Waals surface area (Å²) in [6.45, 7) is 0.223. The molecule has 0 radical (unpaired) electrons. The van der Waals surface area contributed by atoms with Crippen LogP contribution in [-0.2, 0) is 9.59 Å². The van der Waals surface area contributed by atoms with Crippen LogP contribution in [0.1, 0.15) is 19.3 Å². The van der Waals surface area contributed by atoms with Crippen LogP contribution in [0.2, 0.25) is 0 Å². The van der Waals surface area contributed by atoms with Gasteiger partial charge >= 0.3 is 12.2 Å². The molecule has 0 aliphatic carbocycles. The zero-order chi connectivity index (χ0) is 18.9. The van der Waals surface area contributed by atoms with Gasteiger partial charge < -0.3 is 9.80 Å². The smallest absolute Gasteiger partial charge is 0.342 e. The maximum atomic E-state index is 12.6. The molecule has 2 fully saturated rings. The highest BCUT2D eigenvalue weighted by molar-refractivity contribution is 6.19. The minimum atomic E-state index is -4.53. The Balaban J connectivity index is 1.61. The predicted octanol–water partition coefficient (Wildman–Crippen LogP) is 2.40. The van der Waals surface area contributed by atoms with Crippen LogP contribution in [0.15, 0.2) is 30.3 Å². The number of urea groups is 1. The molecular weight excluding hydrogens is 351 g/mol. The number of alkyl halides is 3. The fourth-order valence-electron chi connectivity index (χ4n) is 3.35. The number of rotatable bonds is 3. The number of nitrogens with zero attached hydrogens (tertiary/aromatic N) is 3. The number of hydrogen-bond donors (Lipinski definition) is 0. The van der Waals surface area contributed by atoms with Gasteiger partial charge in [-0.05, 0) is 25.0 Å². The third-order valence-corrected chi connectivity index (χ3v) is 4.62. The Labute approximate surface area is 148 Å². The summed E-state index contributed by atoms with van der Waals surface area (Å²) in [6.07, 6.45) is -5.29. The van der Waals surface area contributed by atoms with Crippen molar-refractivity contribution in [1.29, 1.82) is 0 Å². The van der Waals surface area contributed by atoms with Crippen LogP contribution in [-0.4, -0.2) is 59.5 Å². The number of halogens is 3. The van der Waals surface area contributed by atoms with Crippen molar-refractivity contribution in [3.05, 3.63) is 30.3 Å². The van der Waals surface area contributed by atoms with E-state index in [2.05, 4.69) is 0 Å². The van der Waals surface area contributed by atoms with E-state index in [1.165, 1.54) is 9.80 Å². The van der Waals surface area contributed by atoms with Crippen molar-refractivity contribution in [3.63, 3.8) is 0 Å². The van der Waals surface area contributed by atoms with E-state index in [9.17, 15) is 27.6 Å². The number of piperidine rings is 1. The van der Waals surface area contributed by atoms with Crippen molar-refractivity contribution in [2.45, 2.75) is 31.5 Å². The molecule has 0 bridgehead atoms. The van der Waals surface area contributed by atoms with Gasteiger partial charge in [0.1, 0.15) is 13.0 Å². The summed E-state index contributed by atoms with van der Waals surface area (Å²) in [5.74, 6) is -1.29. The highest BCUT2D eigenvalue weighted by Crippen LogP contribution is 2.27. The maximum absolute atomic E-state index is 12.6. The molecule has 2 aliphatic rings. The zero-order valence-corrected chi connectivity index (χ0v) is 13.9. The predicted molar refractivity (Wildman–Crippen MR) is 86.3 cm³/mol. The molecule has 2 heterocycles. The molecular formula is C17H18F3N3O3. The first-order chi connectivity index (χ1) is 12.3. The van der Waals surface area contributed by atoms with Crippen molar-refractivity contribution < 1.29 is 27.6 Å². The third-order valence-electron chi connectivity index (χ3n) is 4.62. The normalized spacial score (nSPS) is 19.4. The Kier molecular flexibility index (Phi) is 4.88. The molecule has 0 unspecified atom stereocenters. The van der Waals surface area contributed by atoms with Crippen molar-refractivity contribution in [1.82, 2.24) is 9.80 Å². The minimum Gasteiger partial charge on any atom is -0.342 e. The Bertz CT molecular complexity index is 700. The van der Waals surface area contributed by atoms with Crippen LogP contribution in [0.5, 0.6) is 0 Å². The van der Waals surface area contributed by atoms with Crippen molar-refractivity contribution in [2.75, 3.05) is 24.5 Å². The number of hydrogen-bond acceptors (Lipinski definition) is 3. The summed E-state index contributed by atoms with van der Waals surface area (Å²) < 4.78 is 37.0. The summed E-state index contributed by atoms with van der Waals surface area (Å²) in [6, 6.07) is 7.86. The molecule has 0 saturated carbocycles. The standard InChI is InChI=1S/C17H18F3N3O3/c18-17(19,20)10-14(24)21-8-6-12(7-9-21)22-11-15(25)23(16(22)26)13-4-2-1-3-5-13/h1-5,12H,6-11H2. The number of benzene rings is 1. The summed E-state index contributed by atoms with van der Waals surface area (Å²) in [5.41, 5.74) is 0.489. The number of amides is 4. The van der Waals surface area contributed by atoms with E-state index < -0.39 is 24.5 Å². The molecule has 4 amide bonds. The second-order valence-electron chi connectivity index (χ2n) is 6.38. The molecule has 140 valence electrons. The summed E-state index contributed by atoms with van der Waals surface area (Å²) in [4.78, 5) is 40.2. The van der Waals surface area contributed by atoms with Crippen LogP contribution in [0.25, 0.3) is 0 Å². The highest BCUT2D eigenvalue weighted by Gasteiger charge is 2.42. The molecule has 2 aliphatic heterocycles. The fourth-order valence-corrected chi connectivity index (χ4v) is 3.35. The van der Waals surface area contributed by atoms with Gasteiger partial charge in [0, 0.05) is 19.1 Å². The number of anilines is 1. The van der Waals surface area contributed by atoms with E-state index >= 15 is 0 Å². The maximum Gasteiger partial charge on any atom is 0.397 e. The molecule has 6 nitrogen and oxygen atoms in total. The Hall–Kier alpha value is -2.58. The summed E-state index contributed by atoms with van der Waals surface area (Å²) in [7, 11) is 0. The molecule has 1 aromatic carbocycles. The van der Waals surface area contributed by atoms with Crippen LogP contribution in [0.4, 0.5) is 23.7 Å². The number of para-hydroxylation sites is 1. The Morgan fingerprint density at radius 3 is 2.27 bits per heavy atom. The number of carbonyl (C=O) groups is 3. The molecule has 0 N–H and O–H groups in total. The third kappa shape index (κ3) is 3.81. The lowest BCUT2D eigenvalue weighted by atomic mass is 10.0. The van der Waals surface area contributed by atoms with E-state index in [4.69, 9.17) is 0 Å². The molecule has 1 aromatic rings. The van der Waals surface area contributed by atoms with Gasteiger partial charge in [-0.25, -0.2) is 9.69 Å². The first-order valence-electron chi connectivity index (χ1n) is 8.29. The molecule has 0 spiro atoms. The van der Waals surface area contributed by atoms with E-state index in [0.717, 1.165) is 4.90 Å². The van der Waals surface area contributed by atoms with Crippen LogP contribution < -0.4 is 4.90 Å². The molecule has 0 atom stereocenters. The average Bonchev–Trinajstić information content (AvgIpc) is 2.89. The highest BCUT2D eigenvalue weighted by atomic mass is 19.4. The van der Waals surface area contributed by atoms with Gasteiger partial charge in [-0.2, -0.15) is 13.2 Å². The van der Waals surface area contributed by atoms with Gasteiger partial charge in [0.25, 0.3) is 5.91 Å². The molecule has 9 heteroatoms. The Morgan fingerprint density at radius 1 is 1.08 bits per heavy atom. The van der Waals surface area contributed by atoms with E-state index in [-0.39, 0.29) is 31.6 Å². The van der Waals surface area contributed by atoms with Crippen molar-refractivity contribution in [3.8, 4) is 0 Å². The molecule has 2 saturated heterocycles.